The van der Waals surface area contributed by atoms with Crippen LogP contribution in [-0.2, 0) is 0 Å². The highest BCUT2D eigenvalue weighted by Gasteiger charge is 2.12. The molecule has 1 unspecified atom stereocenters. The van der Waals surface area contributed by atoms with Crippen LogP contribution in [0.15, 0.2) is 0 Å². The smallest absolute Gasteiger partial charge is 0.0658 e. The summed E-state index contributed by atoms with van der Waals surface area (Å²) in [6.07, 6.45) is 4.72. The van der Waals surface area contributed by atoms with Gasteiger partial charge in [0.05, 0.1) is 6.07 Å². The largest absolute Gasteiger partial charge is 0.198 e. The minimum Gasteiger partial charge on any atom is -0.198 e. The van der Waals surface area contributed by atoms with Gasteiger partial charge in [-0.1, -0.05) is 33.6 Å². The SMILES string of the molecule is CCCCC(C)[C@H](C#N)CC. The van der Waals surface area contributed by atoms with Crippen molar-refractivity contribution >= 4 is 0 Å². The Morgan fingerprint density at radius 2 is 2.00 bits per heavy atom. The second-order valence-electron chi connectivity index (χ2n) is 3.26. The van der Waals surface area contributed by atoms with Crippen LogP contribution in [0.2, 0.25) is 0 Å². The lowest BCUT2D eigenvalue weighted by Gasteiger charge is -2.14. The van der Waals surface area contributed by atoms with Gasteiger partial charge in [-0.05, 0) is 18.8 Å². The Hall–Kier alpha value is -0.510. The van der Waals surface area contributed by atoms with Crippen LogP contribution in [-0.4, -0.2) is 0 Å². The molecule has 0 aliphatic carbocycles. The molecule has 11 heavy (non-hydrogen) atoms. The van der Waals surface area contributed by atoms with Crippen molar-refractivity contribution in [3.05, 3.63) is 0 Å². The average molecular weight is 153 g/mol. The van der Waals surface area contributed by atoms with Gasteiger partial charge in [-0.2, -0.15) is 5.26 Å². The summed E-state index contributed by atoms with van der Waals surface area (Å²) < 4.78 is 0. The van der Waals surface area contributed by atoms with Crippen molar-refractivity contribution in [3.63, 3.8) is 0 Å². The molecule has 1 nitrogen and oxygen atoms in total. The second kappa shape index (κ2) is 6.22. The maximum absolute atomic E-state index is 8.75. The molecule has 0 rings (SSSR count). The Morgan fingerprint density at radius 3 is 2.36 bits per heavy atom. The Labute approximate surface area is 70.4 Å². The van der Waals surface area contributed by atoms with Crippen molar-refractivity contribution in [1.82, 2.24) is 0 Å². The third kappa shape index (κ3) is 4.03. The second-order valence-corrected chi connectivity index (χ2v) is 3.26. The van der Waals surface area contributed by atoms with Gasteiger partial charge in [0.15, 0.2) is 0 Å². The van der Waals surface area contributed by atoms with Gasteiger partial charge in [0, 0.05) is 5.92 Å². The van der Waals surface area contributed by atoms with Crippen molar-refractivity contribution in [2.75, 3.05) is 0 Å². The normalized spacial score (nSPS) is 15.5. The molecule has 0 aromatic rings. The van der Waals surface area contributed by atoms with Gasteiger partial charge in [-0.15, -0.1) is 0 Å². The topological polar surface area (TPSA) is 23.8 Å². The molecule has 1 heteroatoms. The first kappa shape index (κ1) is 10.5. The number of rotatable bonds is 5. The van der Waals surface area contributed by atoms with Gasteiger partial charge in [0.25, 0.3) is 0 Å². The van der Waals surface area contributed by atoms with E-state index in [0.29, 0.717) is 5.92 Å². The molecule has 0 aromatic heterocycles. The van der Waals surface area contributed by atoms with Gasteiger partial charge in [-0.25, -0.2) is 0 Å². The van der Waals surface area contributed by atoms with Crippen LogP contribution in [0.3, 0.4) is 0 Å². The lowest BCUT2D eigenvalue weighted by molar-refractivity contribution is 0.388. The van der Waals surface area contributed by atoms with Gasteiger partial charge in [0.2, 0.25) is 0 Å². The fourth-order valence-electron chi connectivity index (χ4n) is 1.35. The Kier molecular flexibility index (Phi) is 5.93. The van der Waals surface area contributed by atoms with Gasteiger partial charge in [-0.3, -0.25) is 0 Å². The molecule has 0 amide bonds. The van der Waals surface area contributed by atoms with Gasteiger partial charge < -0.3 is 0 Å². The molecule has 0 bridgehead atoms. The summed E-state index contributed by atoms with van der Waals surface area (Å²) in [6, 6.07) is 2.36. The van der Waals surface area contributed by atoms with E-state index in [9.17, 15) is 0 Å². The summed E-state index contributed by atoms with van der Waals surface area (Å²) in [5.74, 6) is 0.867. The fraction of sp³-hybridized carbons (Fsp3) is 0.900. The highest BCUT2D eigenvalue weighted by Crippen LogP contribution is 2.19. The Bertz CT molecular complexity index is 123. The first-order chi connectivity index (χ1) is 5.26. The first-order valence-corrected chi connectivity index (χ1v) is 4.65. The molecule has 2 atom stereocenters. The molecule has 0 saturated heterocycles. The van der Waals surface area contributed by atoms with E-state index in [1.165, 1.54) is 19.3 Å². The van der Waals surface area contributed by atoms with E-state index in [2.05, 4.69) is 26.8 Å². The molecule has 0 fully saturated rings. The minimum absolute atomic E-state index is 0.279. The number of nitrogens with zero attached hydrogens (tertiary/aromatic N) is 1. The summed E-state index contributed by atoms with van der Waals surface area (Å²) in [4.78, 5) is 0. The van der Waals surface area contributed by atoms with Crippen molar-refractivity contribution in [1.29, 1.82) is 5.26 Å². The molecule has 0 N–H and O–H groups in total. The standard InChI is InChI=1S/C10H19N/c1-4-6-7-9(3)10(5-2)8-11/h9-10H,4-7H2,1-3H3/t9?,10-/m0/s1. The van der Waals surface area contributed by atoms with Crippen LogP contribution in [0.4, 0.5) is 0 Å². The van der Waals surface area contributed by atoms with E-state index < -0.39 is 0 Å². The fourth-order valence-corrected chi connectivity index (χ4v) is 1.35. The van der Waals surface area contributed by atoms with E-state index in [4.69, 9.17) is 5.26 Å². The van der Waals surface area contributed by atoms with Gasteiger partial charge >= 0.3 is 0 Å². The molecule has 0 spiro atoms. The van der Waals surface area contributed by atoms with Crippen molar-refractivity contribution in [3.8, 4) is 6.07 Å². The van der Waals surface area contributed by atoms with Crippen LogP contribution in [0.1, 0.15) is 46.5 Å². The predicted octanol–water partition coefficient (Wildman–Crippen LogP) is 3.36. The zero-order valence-corrected chi connectivity index (χ0v) is 7.93. The van der Waals surface area contributed by atoms with E-state index >= 15 is 0 Å². The minimum atomic E-state index is 0.279. The number of hydrogen-bond acceptors (Lipinski definition) is 1. The number of hydrogen-bond donors (Lipinski definition) is 0. The first-order valence-electron chi connectivity index (χ1n) is 4.65. The predicted molar refractivity (Wildman–Crippen MR) is 48.1 cm³/mol. The molecule has 0 aliphatic rings. The Morgan fingerprint density at radius 1 is 1.36 bits per heavy atom. The van der Waals surface area contributed by atoms with E-state index in [1.807, 2.05) is 0 Å². The molecule has 0 radical (unpaired) electrons. The lowest BCUT2D eigenvalue weighted by Crippen LogP contribution is -2.08. The summed E-state index contributed by atoms with van der Waals surface area (Å²) in [7, 11) is 0. The number of unbranched alkanes of at least 4 members (excludes halogenated alkanes) is 1. The highest BCUT2D eigenvalue weighted by atomic mass is 14.3. The zero-order valence-electron chi connectivity index (χ0n) is 7.93. The zero-order chi connectivity index (χ0) is 8.69. The molecule has 64 valence electrons. The van der Waals surface area contributed by atoms with Crippen LogP contribution < -0.4 is 0 Å². The van der Waals surface area contributed by atoms with Crippen LogP contribution in [0.5, 0.6) is 0 Å². The van der Waals surface area contributed by atoms with Crippen LogP contribution in [0.25, 0.3) is 0 Å². The third-order valence-electron chi connectivity index (χ3n) is 2.31. The van der Waals surface area contributed by atoms with Crippen molar-refractivity contribution < 1.29 is 0 Å². The lowest BCUT2D eigenvalue weighted by atomic mass is 9.89. The van der Waals surface area contributed by atoms with Crippen molar-refractivity contribution in [2.45, 2.75) is 46.5 Å². The van der Waals surface area contributed by atoms with E-state index in [1.54, 1.807) is 0 Å². The quantitative estimate of drug-likeness (QED) is 0.594. The molecule has 0 aromatic carbocycles. The summed E-state index contributed by atoms with van der Waals surface area (Å²) in [5, 5.41) is 8.75. The van der Waals surface area contributed by atoms with Gasteiger partial charge in [0.1, 0.15) is 0 Å². The van der Waals surface area contributed by atoms with Crippen molar-refractivity contribution in [2.24, 2.45) is 11.8 Å². The Balaban J connectivity index is 3.62. The molecular weight excluding hydrogens is 134 g/mol. The maximum atomic E-state index is 8.75. The summed E-state index contributed by atoms with van der Waals surface area (Å²) >= 11 is 0. The highest BCUT2D eigenvalue weighted by molar-refractivity contribution is 4.85. The summed E-state index contributed by atoms with van der Waals surface area (Å²) in [5.41, 5.74) is 0. The van der Waals surface area contributed by atoms with Crippen LogP contribution >= 0.6 is 0 Å². The van der Waals surface area contributed by atoms with E-state index in [-0.39, 0.29) is 5.92 Å². The van der Waals surface area contributed by atoms with E-state index in [0.717, 1.165) is 6.42 Å². The number of nitriles is 1. The molecule has 0 heterocycles. The molecule has 0 saturated carbocycles. The average Bonchev–Trinajstić information content (AvgIpc) is 2.03. The third-order valence-corrected chi connectivity index (χ3v) is 2.31. The maximum Gasteiger partial charge on any atom is 0.0658 e. The summed E-state index contributed by atoms with van der Waals surface area (Å²) in [6.45, 7) is 6.48. The van der Waals surface area contributed by atoms with Crippen LogP contribution in [0, 0.1) is 23.2 Å². The molecule has 0 aliphatic heterocycles. The molecular formula is C10H19N. The monoisotopic (exact) mass is 153 g/mol.